The maximum Gasteiger partial charge on any atom is 0.237 e. The van der Waals surface area contributed by atoms with Crippen molar-refractivity contribution in [2.75, 3.05) is 49.1 Å². The number of pyridine rings is 1. The van der Waals surface area contributed by atoms with Gasteiger partial charge < -0.3 is 9.80 Å². The smallest absolute Gasteiger partial charge is 0.237 e. The summed E-state index contributed by atoms with van der Waals surface area (Å²) >= 11 is 0. The first-order valence-corrected chi connectivity index (χ1v) is 12.2. The molecule has 8 heteroatoms. The Balaban J connectivity index is 1.37. The lowest BCUT2D eigenvalue weighted by molar-refractivity contribution is -0.137. The van der Waals surface area contributed by atoms with E-state index in [0.29, 0.717) is 13.0 Å². The second-order valence-electron chi connectivity index (χ2n) is 8.25. The highest BCUT2D eigenvalue weighted by Gasteiger charge is 2.39. The molecule has 28 heavy (non-hydrogen) atoms. The summed E-state index contributed by atoms with van der Waals surface area (Å²) in [5.41, 5.74) is 0. The molecule has 3 aliphatic rings. The fraction of sp³-hybridized carbons (Fsp3) is 0.700. The second kappa shape index (κ2) is 8.37. The highest BCUT2D eigenvalue weighted by molar-refractivity contribution is 7.91. The molecule has 154 valence electrons. The van der Waals surface area contributed by atoms with Crippen LogP contribution in [0.2, 0.25) is 0 Å². The number of amides is 1. The van der Waals surface area contributed by atoms with E-state index in [0.717, 1.165) is 57.7 Å². The molecule has 0 N–H and O–H groups in total. The van der Waals surface area contributed by atoms with Gasteiger partial charge in [-0.2, -0.15) is 0 Å². The van der Waals surface area contributed by atoms with Crippen LogP contribution < -0.4 is 4.90 Å². The van der Waals surface area contributed by atoms with Crippen LogP contribution in [0.1, 0.15) is 32.1 Å². The third-order valence-corrected chi connectivity index (χ3v) is 8.06. The third-order valence-electron chi connectivity index (χ3n) is 6.31. The molecule has 7 nitrogen and oxygen atoms in total. The largest absolute Gasteiger partial charge is 0.354 e. The molecule has 0 bridgehead atoms. The maximum atomic E-state index is 13.2. The van der Waals surface area contributed by atoms with E-state index in [1.165, 1.54) is 0 Å². The van der Waals surface area contributed by atoms with Crippen LogP contribution in [0, 0.1) is 0 Å². The lowest BCUT2D eigenvalue weighted by atomic mass is 10.1. The van der Waals surface area contributed by atoms with Gasteiger partial charge in [0.05, 0.1) is 18.1 Å². The predicted octanol–water partition coefficient (Wildman–Crippen LogP) is 1.16. The Bertz CT molecular complexity index is 772. The molecule has 1 atom stereocenters. The monoisotopic (exact) mass is 406 g/mol. The molecular weight excluding hydrogens is 376 g/mol. The highest BCUT2D eigenvalue weighted by Crippen LogP contribution is 2.29. The van der Waals surface area contributed by atoms with Crippen molar-refractivity contribution in [3.8, 4) is 0 Å². The third kappa shape index (κ3) is 4.49. The van der Waals surface area contributed by atoms with Crippen LogP contribution in [-0.4, -0.2) is 85.4 Å². The highest BCUT2D eigenvalue weighted by atomic mass is 32.2. The van der Waals surface area contributed by atoms with Crippen LogP contribution in [0.4, 0.5) is 5.82 Å². The fourth-order valence-corrected chi connectivity index (χ4v) is 6.54. The molecule has 0 spiro atoms. The summed E-state index contributed by atoms with van der Waals surface area (Å²) in [6.45, 7) is 3.74. The number of nitrogens with zero attached hydrogens (tertiary/aromatic N) is 4. The van der Waals surface area contributed by atoms with Crippen molar-refractivity contribution >= 4 is 21.6 Å². The summed E-state index contributed by atoms with van der Waals surface area (Å²) < 4.78 is 24.0. The number of sulfone groups is 1. The van der Waals surface area contributed by atoms with Crippen LogP contribution in [0.15, 0.2) is 24.4 Å². The zero-order valence-electron chi connectivity index (χ0n) is 16.4. The SMILES string of the molecule is O=C(CN1CCN(c2ccccn2)CC1)N(C1CCCC1)[C@@H]1CCS(=O)(=O)C1. The number of hydrogen-bond acceptors (Lipinski definition) is 6. The standard InChI is InChI=1S/C20H30N4O3S/c25-20(15-22-10-12-23(13-11-22)19-7-3-4-9-21-19)24(17-5-1-2-6-17)18-8-14-28(26,27)16-18/h3-4,7,9,17-18H,1-2,5-6,8,10-16H2/t18-/m1/s1. The molecule has 1 aromatic rings. The van der Waals surface area contributed by atoms with Crippen LogP contribution in [0.25, 0.3) is 0 Å². The van der Waals surface area contributed by atoms with Gasteiger partial charge in [0.15, 0.2) is 9.84 Å². The maximum absolute atomic E-state index is 13.2. The molecule has 0 aromatic carbocycles. The average Bonchev–Trinajstić information content (AvgIpc) is 3.33. The van der Waals surface area contributed by atoms with Crippen molar-refractivity contribution < 1.29 is 13.2 Å². The Morgan fingerprint density at radius 2 is 1.82 bits per heavy atom. The first-order valence-electron chi connectivity index (χ1n) is 10.4. The summed E-state index contributed by atoms with van der Waals surface area (Å²) in [7, 11) is -3.00. The van der Waals surface area contributed by atoms with Gasteiger partial charge in [-0.1, -0.05) is 18.9 Å². The summed E-state index contributed by atoms with van der Waals surface area (Å²) in [5, 5.41) is 0. The molecule has 1 aliphatic carbocycles. The molecule has 1 amide bonds. The minimum Gasteiger partial charge on any atom is -0.354 e. The van der Waals surface area contributed by atoms with Crippen molar-refractivity contribution in [3.05, 3.63) is 24.4 Å². The molecule has 3 fully saturated rings. The van der Waals surface area contributed by atoms with Crippen molar-refractivity contribution in [2.24, 2.45) is 0 Å². The van der Waals surface area contributed by atoms with Crippen LogP contribution in [-0.2, 0) is 14.6 Å². The van der Waals surface area contributed by atoms with E-state index in [1.807, 2.05) is 23.1 Å². The van der Waals surface area contributed by atoms with Gasteiger partial charge in [-0.05, 0) is 31.4 Å². The summed E-state index contributed by atoms with van der Waals surface area (Å²) in [5.74, 6) is 1.46. The number of rotatable bonds is 5. The lowest BCUT2D eigenvalue weighted by Crippen LogP contribution is -2.54. The predicted molar refractivity (Wildman–Crippen MR) is 109 cm³/mol. The van der Waals surface area contributed by atoms with Gasteiger partial charge in [-0.3, -0.25) is 9.69 Å². The topological polar surface area (TPSA) is 73.8 Å². The zero-order valence-corrected chi connectivity index (χ0v) is 17.2. The molecule has 3 heterocycles. The minimum atomic E-state index is -3.00. The number of hydrogen-bond donors (Lipinski definition) is 0. The summed E-state index contributed by atoms with van der Waals surface area (Å²) in [4.78, 5) is 24.0. The van der Waals surface area contributed by atoms with Gasteiger partial charge in [0.25, 0.3) is 0 Å². The first-order chi connectivity index (χ1) is 13.5. The Hall–Kier alpha value is -1.67. The van der Waals surface area contributed by atoms with E-state index >= 15 is 0 Å². The fourth-order valence-electron chi connectivity index (χ4n) is 4.83. The van der Waals surface area contributed by atoms with Crippen molar-refractivity contribution in [1.29, 1.82) is 0 Å². The molecule has 1 saturated carbocycles. The number of piperazine rings is 1. The average molecular weight is 407 g/mol. The van der Waals surface area contributed by atoms with Crippen molar-refractivity contribution in [3.63, 3.8) is 0 Å². The van der Waals surface area contributed by atoms with E-state index in [-0.39, 0.29) is 29.5 Å². The van der Waals surface area contributed by atoms with Gasteiger partial charge in [-0.25, -0.2) is 13.4 Å². The molecule has 1 aromatic heterocycles. The summed E-state index contributed by atoms with van der Waals surface area (Å²) in [6.07, 6.45) is 6.69. The van der Waals surface area contributed by atoms with Gasteiger partial charge in [0, 0.05) is 44.5 Å². The number of carbonyl (C=O) groups is 1. The normalized spacial score (nSPS) is 25.9. The summed E-state index contributed by atoms with van der Waals surface area (Å²) in [6, 6.07) is 6.02. The van der Waals surface area contributed by atoms with Crippen LogP contribution in [0.5, 0.6) is 0 Å². The molecule has 2 saturated heterocycles. The van der Waals surface area contributed by atoms with Crippen molar-refractivity contribution in [2.45, 2.75) is 44.2 Å². The van der Waals surface area contributed by atoms with E-state index < -0.39 is 9.84 Å². The minimum absolute atomic E-state index is 0.111. The lowest BCUT2D eigenvalue weighted by Gasteiger charge is -2.38. The van der Waals surface area contributed by atoms with E-state index in [9.17, 15) is 13.2 Å². The zero-order chi connectivity index (χ0) is 19.6. The van der Waals surface area contributed by atoms with E-state index in [1.54, 1.807) is 6.20 Å². The van der Waals surface area contributed by atoms with Gasteiger partial charge in [0.1, 0.15) is 5.82 Å². The number of aromatic nitrogens is 1. The number of carbonyl (C=O) groups excluding carboxylic acids is 1. The van der Waals surface area contributed by atoms with E-state index in [2.05, 4.69) is 14.8 Å². The Morgan fingerprint density at radius 3 is 2.43 bits per heavy atom. The van der Waals surface area contributed by atoms with Gasteiger partial charge in [-0.15, -0.1) is 0 Å². The molecule has 0 radical (unpaired) electrons. The molecule has 0 unspecified atom stereocenters. The molecule has 2 aliphatic heterocycles. The Morgan fingerprint density at radius 1 is 1.07 bits per heavy atom. The van der Waals surface area contributed by atoms with Crippen LogP contribution in [0.3, 0.4) is 0 Å². The second-order valence-corrected chi connectivity index (χ2v) is 10.5. The van der Waals surface area contributed by atoms with Crippen LogP contribution >= 0.6 is 0 Å². The quantitative estimate of drug-likeness (QED) is 0.731. The van der Waals surface area contributed by atoms with Gasteiger partial charge >= 0.3 is 0 Å². The van der Waals surface area contributed by atoms with Gasteiger partial charge in [0.2, 0.25) is 5.91 Å². The Labute approximate surface area is 167 Å². The molecule has 4 rings (SSSR count). The Kier molecular flexibility index (Phi) is 5.87. The molecular formula is C20H30N4O3S. The first kappa shape index (κ1) is 19.6. The van der Waals surface area contributed by atoms with E-state index in [4.69, 9.17) is 0 Å². The number of anilines is 1. The van der Waals surface area contributed by atoms with Crippen molar-refractivity contribution in [1.82, 2.24) is 14.8 Å².